The summed E-state index contributed by atoms with van der Waals surface area (Å²) in [5.41, 5.74) is 7.39. The molecule has 1 atom stereocenters. The number of carbonyl (C=O) groups excluding carboxylic acids is 4. The van der Waals surface area contributed by atoms with Gasteiger partial charge in [-0.15, -0.1) is 11.3 Å². The van der Waals surface area contributed by atoms with Crippen LogP contribution < -0.4 is 16.4 Å². The Morgan fingerprint density at radius 1 is 1.12 bits per heavy atom. The highest BCUT2D eigenvalue weighted by Gasteiger charge is 2.29. The molecule has 176 valence electrons. The summed E-state index contributed by atoms with van der Waals surface area (Å²) >= 11 is 1.37. The number of benzene rings is 1. The Hall–Kier alpha value is -3.40. The van der Waals surface area contributed by atoms with Gasteiger partial charge in [0, 0.05) is 11.4 Å². The number of esters is 2. The van der Waals surface area contributed by atoms with Crippen molar-refractivity contribution >= 4 is 40.2 Å². The van der Waals surface area contributed by atoms with Gasteiger partial charge in [-0.25, -0.2) is 14.4 Å². The predicted octanol–water partition coefficient (Wildman–Crippen LogP) is 3.01. The van der Waals surface area contributed by atoms with Crippen LogP contribution in [0.1, 0.15) is 57.0 Å². The molecule has 0 radical (unpaired) electrons. The molecule has 3 amide bonds. The van der Waals surface area contributed by atoms with E-state index in [4.69, 9.17) is 15.2 Å². The number of nitrogens with two attached hydrogens (primary N) is 1. The molecular formula is C23H27N3O6S. The van der Waals surface area contributed by atoms with Gasteiger partial charge in [-0.05, 0) is 55.4 Å². The smallest absolute Gasteiger partial charge is 0.341 e. The number of hydrogen-bond donors (Lipinski definition) is 3. The summed E-state index contributed by atoms with van der Waals surface area (Å²) in [4.78, 5) is 49.1. The van der Waals surface area contributed by atoms with Crippen LogP contribution in [0.3, 0.4) is 0 Å². The summed E-state index contributed by atoms with van der Waals surface area (Å²) in [7, 11) is 0. The molecule has 1 aromatic heterocycles. The van der Waals surface area contributed by atoms with Crippen molar-refractivity contribution in [1.29, 1.82) is 0 Å². The minimum atomic E-state index is -0.663. The SMILES string of the molecule is CCOC(=O)c1c(NC(=O)COC(=O)c2ccc(CNC(N)=O)cc2)sc2c1CCC(C)C2. The number of hydrogen-bond acceptors (Lipinski definition) is 7. The zero-order chi connectivity index (χ0) is 24.0. The molecule has 3 rings (SSSR count). The third kappa shape index (κ3) is 6.32. The average molecular weight is 474 g/mol. The predicted molar refractivity (Wildman–Crippen MR) is 123 cm³/mol. The number of nitrogens with one attached hydrogen (secondary N) is 2. The lowest BCUT2D eigenvalue weighted by molar-refractivity contribution is -0.119. The molecule has 10 heteroatoms. The van der Waals surface area contributed by atoms with Gasteiger partial charge in [0.1, 0.15) is 5.00 Å². The summed E-state index contributed by atoms with van der Waals surface area (Å²) in [6, 6.07) is 5.72. The van der Waals surface area contributed by atoms with Crippen LogP contribution in [0.4, 0.5) is 9.80 Å². The molecule has 0 saturated heterocycles. The van der Waals surface area contributed by atoms with Gasteiger partial charge < -0.3 is 25.8 Å². The van der Waals surface area contributed by atoms with E-state index >= 15 is 0 Å². The highest BCUT2D eigenvalue weighted by atomic mass is 32.1. The van der Waals surface area contributed by atoms with Crippen molar-refractivity contribution in [3.8, 4) is 0 Å². The van der Waals surface area contributed by atoms with Crippen molar-refractivity contribution in [2.24, 2.45) is 11.7 Å². The Kier molecular flexibility index (Phi) is 8.05. The second-order valence-electron chi connectivity index (χ2n) is 7.82. The fourth-order valence-corrected chi connectivity index (χ4v) is 5.00. The third-order valence-corrected chi connectivity index (χ3v) is 6.40. The number of ether oxygens (including phenoxy) is 2. The van der Waals surface area contributed by atoms with Gasteiger partial charge in [0.2, 0.25) is 0 Å². The van der Waals surface area contributed by atoms with Crippen molar-refractivity contribution in [2.45, 2.75) is 39.7 Å². The van der Waals surface area contributed by atoms with Crippen LogP contribution in [0.25, 0.3) is 0 Å². The Bertz CT molecular complexity index is 1050. The van der Waals surface area contributed by atoms with E-state index in [1.165, 1.54) is 23.5 Å². The van der Waals surface area contributed by atoms with Crippen molar-refractivity contribution < 1.29 is 28.7 Å². The number of amides is 3. The minimum Gasteiger partial charge on any atom is -0.462 e. The Balaban J connectivity index is 1.62. The number of urea groups is 1. The van der Waals surface area contributed by atoms with Gasteiger partial charge >= 0.3 is 18.0 Å². The maximum Gasteiger partial charge on any atom is 0.341 e. The molecule has 1 aliphatic rings. The van der Waals surface area contributed by atoms with Crippen LogP contribution >= 0.6 is 11.3 Å². The molecule has 0 saturated carbocycles. The fourth-order valence-electron chi connectivity index (χ4n) is 3.58. The molecule has 4 N–H and O–H groups in total. The first-order chi connectivity index (χ1) is 15.8. The maximum absolute atomic E-state index is 12.5. The van der Waals surface area contributed by atoms with E-state index in [2.05, 4.69) is 17.6 Å². The van der Waals surface area contributed by atoms with Crippen LogP contribution in [-0.2, 0) is 33.7 Å². The molecular weight excluding hydrogens is 446 g/mol. The second-order valence-corrected chi connectivity index (χ2v) is 8.92. The van der Waals surface area contributed by atoms with Crippen molar-refractivity contribution in [1.82, 2.24) is 5.32 Å². The maximum atomic E-state index is 12.5. The third-order valence-electron chi connectivity index (χ3n) is 5.23. The molecule has 2 aromatic rings. The number of primary amides is 1. The van der Waals surface area contributed by atoms with Gasteiger partial charge in [-0.3, -0.25) is 4.79 Å². The number of rotatable bonds is 8. The van der Waals surface area contributed by atoms with Gasteiger partial charge in [-0.2, -0.15) is 0 Å². The second kappa shape index (κ2) is 11.0. The van der Waals surface area contributed by atoms with E-state index in [1.54, 1.807) is 19.1 Å². The van der Waals surface area contributed by atoms with Crippen molar-refractivity contribution in [3.05, 3.63) is 51.4 Å². The molecule has 0 fully saturated rings. The first kappa shape index (κ1) is 24.2. The highest BCUT2D eigenvalue weighted by Crippen LogP contribution is 2.40. The zero-order valence-electron chi connectivity index (χ0n) is 18.6. The standard InChI is InChI=1S/C23H27N3O6S/c1-3-31-22(29)19-16-9-4-13(2)10-17(16)33-20(19)26-18(27)12-32-21(28)15-7-5-14(6-8-15)11-25-23(24)30/h5-8,13H,3-4,9-12H2,1-2H3,(H,26,27)(H3,24,25,30). The van der Waals surface area contributed by atoms with Crippen LogP contribution in [0.15, 0.2) is 24.3 Å². The molecule has 0 spiro atoms. The normalized spacial score (nSPS) is 14.7. The van der Waals surface area contributed by atoms with E-state index in [1.807, 2.05) is 0 Å². The largest absolute Gasteiger partial charge is 0.462 e. The van der Waals surface area contributed by atoms with Crippen molar-refractivity contribution in [3.63, 3.8) is 0 Å². The van der Waals surface area contributed by atoms with Gasteiger partial charge in [-0.1, -0.05) is 19.1 Å². The van der Waals surface area contributed by atoms with Gasteiger partial charge in [0.25, 0.3) is 5.91 Å². The minimum absolute atomic E-state index is 0.236. The highest BCUT2D eigenvalue weighted by molar-refractivity contribution is 7.17. The first-order valence-electron chi connectivity index (χ1n) is 10.7. The Morgan fingerprint density at radius 3 is 2.52 bits per heavy atom. The summed E-state index contributed by atoms with van der Waals surface area (Å²) in [6.07, 6.45) is 2.58. The Morgan fingerprint density at radius 2 is 1.85 bits per heavy atom. The Labute approximate surface area is 195 Å². The van der Waals surface area contributed by atoms with Gasteiger partial charge in [0.15, 0.2) is 6.61 Å². The molecule has 9 nitrogen and oxygen atoms in total. The van der Waals surface area contributed by atoms with E-state index in [0.717, 1.165) is 35.3 Å². The molecule has 1 aliphatic carbocycles. The monoisotopic (exact) mass is 473 g/mol. The number of thiophene rings is 1. The summed E-state index contributed by atoms with van der Waals surface area (Å²) in [5, 5.41) is 5.60. The van der Waals surface area contributed by atoms with Crippen LogP contribution in [0.5, 0.6) is 0 Å². The molecule has 33 heavy (non-hydrogen) atoms. The van der Waals surface area contributed by atoms with Crippen LogP contribution in [0.2, 0.25) is 0 Å². The van der Waals surface area contributed by atoms with Crippen molar-refractivity contribution in [2.75, 3.05) is 18.5 Å². The van der Waals surface area contributed by atoms with Crippen LogP contribution in [0, 0.1) is 5.92 Å². The lowest BCUT2D eigenvalue weighted by atomic mass is 9.88. The number of carbonyl (C=O) groups is 4. The van der Waals surface area contributed by atoms with Crippen LogP contribution in [-0.4, -0.2) is 37.1 Å². The first-order valence-corrected chi connectivity index (χ1v) is 11.5. The lowest BCUT2D eigenvalue weighted by Crippen LogP contribution is -2.28. The van der Waals surface area contributed by atoms with E-state index in [-0.39, 0.29) is 18.7 Å². The molecule has 1 unspecified atom stereocenters. The number of anilines is 1. The fraction of sp³-hybridized carbons (Fsp3) is 0.391. The molecule has 0 aliphatic heterocycles. The van der Waals surface area contributed by atoms with E-state index in [9.17, 15) is 19.2 Å². The summed E-state index contributed by atoms with van der Waals surface area (Å²) < 4.78 is 10.3. The molecule has 1 heterocycles. The quantitative estimate of drug-likeness (QED) is 0.504. The zero-order valence-corrected chi connectivity index (χ0v) is 19.4. The molecule has 0 bridgehead atoms. The topological polar surface area (TPSA) is 137 Å². The lowest BCUT2D eigenvalue weighted by Gasteiger charge is -2.18. The average Bonchev–Trinajstić information content (AvgIpc) is 3.13. The molecule has 1 aromatic carbocycles. The van der Waals surface area contributed by atoms with Gasteiger partial charge in [0.05, 0.1) is 17.7 Å². The van der Waals surface area contributed by atoms with E-state index < -0.39 is 30.5 Å². The van der Waals surface area contributed by atoms with E-state index in [0.29, 0.717) is 16.5 Å². The summed E-state index contributed by atoms with van der Waals surface area (Å²) in [5.74, 6) is -1.15. The summed E-state index contributed by atoms with van der Waals surface area (Å²) in [6.45, 7) is 3.87. The number of fused-ring (bicyclic) bond motifs is 1.